The smallest absolute Gasteiger partial charge is 0.255 e. The quantitative estimate of drug-likeness (QED) is 0.916. The molecule has 0 radical (unpaired) electrons. The van der Waals surface area contributed by atoms with Gasteiger partial charge in [-0.2, -0.15) is 0 Å². The Kier molecular flexibility index (Phi) is 3.95. The Morgan fingerprint density at radius 1 is 1.00 bits per heavy atom. The van der Waals surface area contributed by atoms with Crippen molar-refractivity contribution in [3.8, 4) is 0 Å². The van der Waals surface area contributed by atoms with Gasteiger partial charge in [-0.05, 0) is 23.8 Å². The van der Waals surface area contributed by atoms with Gasteiger partial charge in [0.1, 0.15) is 0 Å². The van der Waals surface area contributed by atoms with Crippen LogP contribution in [-0.2, 0) is 0 Å². The third-order valence-corrected chi connectivity index (χ3v) is 2.97. The molecule has 0 aliphatic heterocycles. The molecule has 1 amide bonds. The predicted octanol–water partition coefficient (Wildman–Crippen LogP) is 3.85. The summed E-state index contributed by atoms with van der Waals surface area (Å²) in [6.45, 7) is 3.87. The molecule has 0 aromatic heterocycles. The minimum Gasteiger partial charge on any atom is -0.322 e. The maximum Gasteiger partial charge on any atom is 0.255 e. The van der Waals surface area contributed by atoms with Crippen LogP contribution in [-0.4, -0.2) is 5.91 Å². The first kappa shape index (κ1) is 12.6. The summed E-state index contributed by atoms with van der Waals surface area (Å²) >= 11 is 3.34. The van der Waals surface area contributed by atoms with Gasteiger partial charge in [0.2, 0.25) is 0 Å². The van der Waals surface area contributed by atoms with Crippen molar-refractivity contribution in [3.05, 3.63) is 76.8 Å². The molecule has 90 valence electrons. The maximum atomic E-state index is 12.0. The first-order chi connectivity index (χ1) is 8.66. The van der Waals surface area contributed by atoms with Gasteiger partial charge in [-0.25, -0.2) is 0 Å². The van der Waals surface area contributed by atoms with Gasteiger partial charge in [-0.15, -0.1) is 0 Å². The van der Waals surface area contributed by atoms with Crippen molar-refractivity contribution in [1.82, 2.24) is 5.32 Å². The van der Waals surface area contributed by atoms with Crippen molar-refractivity contribution < 1.29 is 4.79 Å². The second-order valence-electron chi connectivity index (χ2n) is 3.81. The largest absolute Gasteiger partial charge is 0.322 e. The molecule has 0 saturated carbocycles. The molecule has 2 aromatic carbocycles. The normalized spacial score (nSPS) is 9.83. The first-order valence-electron chi connectivity index (χ1n) is 5.48. The van der Waals surface area contributed by atoms with E-state index in [2.05, 4.69) is 27.8 Å². The zero-order valence-electron chi connectivity index (χ0n) is 9.69. The van der Waals surface area contributed by atoms with Crippen molar-refractivity contribution in [2.45, 2.75) is 0 Å². The Bertz CT molecular complexity index is 578. The molecule has 0 saturated heterocycles. The summed E-state index contributed by atoms with van der Waals surface area (Å²) in [6.07, 6.45) is 0. The van der Waals surface area contributed by atoms with Crippen LogP contribution in [0.25, 0.3) is 5.70 Å². The number of amides is 1. The number of hydrogen-bond acceptors (Lipinski definition) is 1. The number of halogens is 1. The van der Waals surface area contributed by atoms with Crippen molar-refractivity contribution >= 4 is 27.5 Å². The van der Waals surface area contributed by atoms with E-state index in [-0.39, 0.29) is 5.91 Å². The fourth-order valence-electron chi connectivity index (χ4n) is 1.55. The summed E-state index contributed by atoms with van der Waals surface area (Å²) < 4.78 is 0.875. The van der Waals surface area contributed by atoms with Gasteiger partial charge in [-0.3, -0.25) is 4.79 Å². The highest BCUT2D eigenvalue weighted by Crippen LogP contribution is 2.13. The lowest BCUT2D eigenvalue weighted by molar-refractivity contribution is 0.0974. The number of rotatable bonds is 3. The van der Waals surface area contributed by atoms with E-state index in [9.17, 15) is 4.79 Å². The van der Waals surface area contributed by atoms with Crippen LogP contribution in [0.2, 0.25) is 0 Å². The number of nitrogens with one attached hydrogen (secondary N) is 1. The second-order valence-corrected chi connectivity index (χ2v) is 4.72. The third kappa shape index (κ3) is 3.08. The molecule has 2 rings (SSSR count). The molecule has 0 unspecified atom stereocenters. The molecule has 0 aliphatic carbocycles. The summed E-state index contributed by atoms with van der Waals surface area (Å²) in [4.78, 5) is 12.0. The van der Waals surface area contributed by atoms with Gasteiger partial charge in [0.25, 0.3) is 5.91 Å². The van der Waals surface area contributed by atoms with Crippen LogP contribution < -0.4 is 5.32 Å². The third-order valence-electron chi connectivity index (χ3n) is 2.47. The molecule has 2 nitrogen and oxygen atoms in total. The van der Waals surface area contributed by atoms with E-state index in [1.165, 1.54) is 0 Å². The molecule has 0 heterocycles. The maximum absolute atomic E-state index is 12.0. The van der Waals surface area contributed by atoms with Crippen LogP contribution in [0.15, 0.2) is 65.6 Å². The second kappa shape index (κ2) is 5.65. The molecule has 0 aliphatic rings. The molecule has 1 N–H and O–H groups in total. The minimum absolute atomic E-state index is 0.162. The Morgan fingerprint density at radius 3 is 2.33 bits per heavy atom. The van der Waals surface area contributed by atoms with Crippen LogP contribution in [0.3, 0.4) is 0 Å². The lowest BCUT2D eigenvalue weighted by atomic mass is 10.1. The molecule has 0 spiro atoms. The molecule has 2 aromatic rings. The average molecular weight is 302 g/mol. The van der Waals surface area contributed by atoms with Gasteiger partial charge in [0.15, 0.2) is 0 Å². The number of carbonyl (C=O) groups is 1. The molecule has 3 heteroatoms. The fourth-order valence-corrected chi connectivity index (χ4v) is 1.95. The van der Waals surface area contributed by atoms with E-state index in [0.29, 0.717) is 11.3 Å². The van der Waals surface area contributed by atoms with Gasteiger partial charge < -0.3 is 5.32 Å². The summed E-state index contributed by atoms with van der Waals surface area (Å²) in [5.74, 6) is -0.162. The number of hydrogen-bond donors (Lipinski definition) is 1. The number of benzene rings is 2. The molecule has 0 atom stereocenters. The van der Waals surface area contributed by atoms with E-state index in [1.54, 1.807) is 12.1 Å². The molecule has 0 bridgehead atoms. The molecule has 18 heavy (non-hydrogen) atoms. The standard InChI is InChI=1S/C15H12BrNO/c1-11(12-6-3-2-4-7-12)17-15(18)13-8-5-9-14(16)10-13/h2-10H,1H2,(H,17,18). The zero-order valence-corrected chi connectivity index (χ0v) is 11.3. The van der Waals surface area contributed by atoms with Crippen LogP contribution in [0.4, 0.5) is 0 Å². The summed E-state index contributed by atoms with van der Waals surface area (Å²) in [5, 5.41) is 2.79. The van der Waals surface area contributed by atoms with Crippen LogP contribution in [0.1, 0.15) is 15.9 Å². The van der Waals surface area contributed by atoms with Crippen molar-refractivity contribution in [2.75, 3.05) is 0 Å². The van der Waals surface area contributed by atoms with E-state index in [0.717, 1.165) is 10.0 Å². The summed E-state index contributed by atoms with van der Waals surface area (Å²) in [7, 11) is 0. The van der Waals surface area contributed by atoms with E-state index in [1.807, 2.05) is 42.5 Å². The van der Waals surface area contributed by atoms with Gasteiger partial charge in [-0.1, -0.05) is 58.9 Å². The molecular weight excluding hydrogens is 290 g/mol. The Morgan fingerprint density at radius 2 is 1.67 bits per heavy atom. The van der Waals surface area contributed by atoms with Crippen LogP contribution in [0.5, 0.6) is 0 Å². The highest BCUT2D eigenvalue weighted by molar-refractivity contribution is 9.10. The van der Waals surface area contributed by atoms with Crippen LogP contribution >= 0.6 is 15.9 Å². The lowest BCUT2D eigenvalue weighted by Crippen LogP contribution is -2.21. The van der Waals surface area contributed by atoms with Crippen molar-refractivity contribution in [1.29, 1.82) is 0 Å². The van der Waals surface area contributed by atoms with Gasteiger partial charge in [0, 0.05) is 15.7 Å². The van der Waals surface area contributed by atoms with Crippen molar-refractivity contribution in [2.24, 2.45) is 0 Å². The predicted molar refractivity (Wildman–Crippen MR) is 77.1 cm³/mol. The van der Waals surface area contributed by atoms with Gasteiger partial charge >= 0.3 is 0 Å². The van der Waals surface area contributed by atoms with E-state index < -0.39 is 0 Å². The lowest BCUT2D eigenvalue weighted by Gasteiger charge is -2.08. The average Bonchev–Trinajstić information content (AvgIpc) is 2.39. The van der Waals surface area contributed by atoms with Gasteiger partial charge in [0.05, 0.1) is 0 Å². The number of carbonyl (C=O) groups excluding carboxylic acids is 1. The van der Waals surface area contributed by atoms with E-state index >= 15 is 0 Å². The molecular formula is C15H12BrNO. The topological polar surface area (TPSA) is 29.1 Å². The first-order valence-corrected chi connectivity index (χ1v) is 6.27. The highest BCUT2D eigenvalue weighted by Gasteiger charge is 2.07. The zero-order chi connectivity index (χ0) is 13.0. The van der Waals surface area contributed by atoms with Crippen LogP contribution in [0, 0.1) is 0 Å². The fraction of sp³-hybridized carbons (Fsp3) is 0. The monoisotopic (exact) mass is 301 g/mol. The van der Waals surface area contributed by atoms with E-state index in [4.69, 9.17) is 0 Å². The minimum atomic E-state index is -0.162. The Hall–Kier alpha value is -1.87. The Labute approximate surface area is 114 Å². The highest BCUT2D eigenvalue weighted by atomic mass is 79.9. The summed E-state index contributed by atoms with van der Waals surface area (Å²) in [5.41, 5.74) is 2.10. The van der Waals surface area contributed by atoms with Crippen molar-refractivity contribution in [3.63, 3.8) is 0 Å². The molecule has 0 fully saturated rings. The Balaban J connectivity index is 2.11. The SMILES string of the molecule is C=C(NC(=O)c1cccc(Br)c1)c1ccccc1. The summed E-state index contributed by atoms with van der Waals surface area (Å²) in [6, 6.07) is 16.8.